The van der Waals surface area contributed by atoms with Crippen molar-refractivity contribution in [3.8, 4) is 11.5 Å². The molecule has 0 aliphatic rings. The van der Waals surface area contributed by atoms with Crippen molar-refractivity contribution in [3.63, 3.8) is 0 Å². The Kier molecular flexibility index (Phi) is 8.05. The lowest BCUT2D eigenvalue weighted by Gasteiger charge is -2.25. The van der Waals surface area contributed by atoms with Gasteiger partial charge >= 0.3 is 5.97 Å². The standard InChI is InChI=1S/C19H31NO4/c1-5-14(13-19(4,20)18(21)22)8-9-15-10-11-16(23-6-2)12-17(15)24-7-3/h10-12,14H,5-9,13,20H2,1-4H3,(H,21,22). The van der Waals surface area contributed by atoms with Crippen LogP contribution in [0.4, 0.5) is 0 Å². The second kappa shape index (κ2) is 9.52. The zero-order valence-corrected chi connectivity index (χ0v) is 15.3. The number of ether oxygens (including phenoxy) is 2. The lowest BCUT2D eigenvalue weighted by molar-refractivity contribution is -0.143. The lowest BCUT2D eigenvalue weighted by Crippen LogP contribution is -2.46. The summed E-state index contributed by atoms with van der Waals surface area (Å²) in [6.07, 6.45) is 3.08. The zero-order valence-electron chi connectivity index (χ0n) is 15.3. The minimum absolute atomic E-state index is 0.261. The fourth-order valence-electron chi connectivity index (χ4n) is 2.78. The number of hydrogen-bond donors (Lipinski definition) is 2. The minimum Gasteiger partial charge on any atom is -0.494 e. The Morgan fingerprint density at radius 1 is 1.25 bits per heavy atom. The zero-order chi connectivity index (χ0) is 18.2. The molecule has 2 unspecified atom stereocenters. The molecule has 2 atom stereocenters. The van der Waals surface area contributed by atoms with E-state index in [4.69, 9.17) is 15.2 Å². The van der Waals surface area contributed by atoms with E-state index in [1.165, 1.54) is 0 Å². The Bertz CT molecular complexity index is 528. The third-order valence-electron chi connectivity index (χ3n) is 4.25. The molecule has 5 heteroatoms. The van der Waals surface area contributed by atoms with E-state index in [2.05, 4.69) is 6.92 Å². The highest BCUT2D eigenvalue weighted by molar-refractivity contribution is 5.77. The molecular weight excluding hydrogens is 306 g/mol. The number of nitrogens with two attached hydrogens (primary N) is 1. The molecule has 0 aliphatic heterocycles. The van der Waals surface area contributed by atoms with E-state index < -0.39 is 11.5 Å². The van der Waals surface area contributed by atoms with Crippen LogP contribution in [-0.2, 0) is 11.2 Å². The first kappa shape index (κ1) is 20.3. The predicted molar refractivity (Wildman–Crippen MR) is 95.7 cm³/mol. The third kappa shape index (κ3) is 6.04. The topological polar surface area (TPSA) is 81.8 Å². The van der Waals surface area contributed by atoms with Crippen LogP contribution in [0.1, 0.15) is 52.5 Å². The van der Waals surface area contributed by atoms with E-state index >= 15 is 0 Å². The van der Waals surface area contributed by atoms with Gasteiger partial charge in [-0.15, -0.1) is 0 Å². The van der Waals surface area contributed by atoms with Crippen LogP contribution in [0.15, 0.2) is 18.2 Å². The summed E-state index contributed by atoms with van der Waals surface area (Å²) >= 11 is 0. The first-order valence-corrected chi connectivity index (χ1v) is 8.74. The highest BCUT2D eigenvalue weighted by Gasteiger charge is 2.30. The van der Waals surface area contributed by atoms with E-state index in [1.54, 1.807) is 6.92 Å². The predicted octanol–water partition coefficient (Wildman–Crippen LogP) is 3.63. The average Bonchev–Trinajstić information content (AvgIpc) is 2.53. The molecule has 0 radical (unpaired) electrons. The van der Waals surface area contributed by atoms with Crippen LogP contribution in [0.25, 0.3) is 0 Å². The van der Waals surface area contributed by atoms with Gasteiger partial charge in [-0.3, -0.25) is 4.79 Å². The van der Waals surface area contributed by atoms with Crippen molar-refractivity contribution in [1.29, 1.82) is 0 Å². The van der Waals surface area contributed by atoms with Crippen molar-refractivity contribution >= 4 is 5.97 Å². The molecule has 0 spiro atoms. The average molecular weight is 337 g/mol. The molecule has 136 valence electrons. The summed E-state index contributed by atoms with van der Waals surface area (Å²) in [5.41, 5.74) is 5.84. The second-order valence-corrected chi connectivity index (χ2v) is 6.38. The molecule has 3 N–H and O–H groups in total. The number of hydrogen-bond acceptors (Lipinski definition) is 4. The molecule has 24 heavy (non-hydrogen) atoms. The molecule has 0 fully saturated rings. The molecular formula is C19H31NO4. The number of carbonyl (C=O) groups is 1. The number of aryl methyl sites for hydroxylation is 1. The number of rotatable bonds is 11. The van der Waals surface area contributed by atoms with Gasteiger partial charge < -0.3 is 20.3 Å². The third-order valence-corrected chi connectivity index (χ3v) is 4.25. The van der Waals surface area contributed by atoms with Crippen molar-refractivity contribution < 1.29 is 19.4 Å². The van der Waals surface area contributed by atoms with Crippen molar-refractivity contribution in [1.82, 2.24) is 0 Å². The molecule has 1 aromatic rings. The maximum atomic E-state index is 11.2. The van der Waals surface area contributed by atoms with Gasteiger partial charge in [-0.2, -0.15) is 0 Å². The van der Waals surface area contributed by atoms with Crippen LogP contribution in [-0.4, -0.2) is 29.8 Å². The molecule has 1 rings (SSSR count). The summed E-state index contributed by atoms with van der Waals surface area (Å²) in [5, 5.41) is 9.21. The Balaban J connectivity index is 2.78. The molecule has 0 aromatic heterocycles. The highest BCUT2D eigenvalue weighted by Crippen LogP contribution is 2.29. The molecule has 0 amide bonds. The number of carboxylic acid groups (broad SMARTS) is 1. The largest absolute Gasteiger partial charge is 0.494 e. The quantitative estimate of drug-likeness (QED) is 0.644. The Hall–Kier alpha value is -1.75. The summed E-state index contributed by atoms with van der Waals surface area (Å²) in [6.45, 7) is 8.78. The molecule has 0 aliphatic carbocycles. The Morgan fingerprint density at radius 3 is 2.46 bits per heavy atom. The van der Waals surface area contributed by atoms with Crippen LogP contribution >= 0.6 is 0 Å². The summed E-state index contributed by atoms with van der Waals surface area (Å²) in [7, 11) is 0. The highest BCUT2D eigenvalue weighted by atomic mass is 16.5. The number of benzene rings is 1. The summed E-state index contributed by atoms with van der Waals surface area (Å²) in [6, 6.07) is 5.90. The number of aliphatic carboxylic acids is 1. The van der Waals surface area contributed by atoms with E-state index in [0.29, 0.717) is 19.6 Å². The number of carboxylic acids is 1. The van der Waals surface area contributed by atoms with E-state index in [0.717, 1.165) is 36.3 Å². The molecule has 0 saturated heterocycles. The Morgan fingerprint density at radius 2 is 1.92 bits per heavy atom. The monoisotopic (exact) mass is 337 g/mol. The van der Waals surface area contributed by atoms with Crippen LogP contribution in [0.3, 0.4) is 0 Å². The van der Waals surface area contributed by atoms with Crippen molar-refractivity contribution in [2.75, 3.05) is 13.2 Å². The fraction of sp³-hybridized carbons (Fsp3) is 0.632. The molecule has 1 aromatic carbocycles. The maximum absolute atomic E-state index is 11.2. The van der Waals surface area contributed by atoms with Gasteiger partial charge in [0.2, 0.25) is 0 Å². The van der Waals surface area contributed by atoms with Gasteiger partial charge in [0.25, 0.3) is 0 Å². The van der Waals surface area contributed by atoms with Gasteiger partial charge in [0.05, 0.1) is 13.2 Å². The summed E-state index contributed by atoms with van der Waals surface area (Å²) < 4.78 is 11.3. The van der Waals surface area contributed by atoms with E-state index in [9.17, 15) is 9.90 Å². The van der Waals surface area contributed by atoms with Crippen LogP contribution < -0.4 is 15.2 Å². The van der Waals surface area contributed by atoms with Gasteiger partial charge in [-0.25, -0.2) is 0 Å². The molecule has 0 bridgehead atoms. The first-order chi connectivity index (χ1) is 11.3. The second-order valence-electron chi connectivity index (χ2n) is 6.38. The van der Waals surface area contributed by atoms with E-state index in [1.807, 2.05) is 32.0 Å². The first-order valence-electron chi connectivity index (χ1n) is 8.74. The van der Waals surface area contributed by atoms with Gasteiger partial charge in [0.1, 0.15) is 17.0 Å². The van der Waals surface area contributed by atoms with Gasteiger partial charge in [-0.05, 0) is 57.6 Å². The van der Waals surface area contributed by atoms with Crippen LogP contribution in [0.2, 0.25) is 0 Å². The molecule has 5 nitrogen and oxygen atoms in total. The van der Waals surface area contributed by atoms with E-state index in [-0.39, 0.29) is 5.92 Å². The van der Waals surface area contributed by atoms with Gasteiger partial charge in [0.15, 0.2) is 0 Å². The van der Waals surface area contributed by atoms with Crippen molar-refractivity contribution in [2.24, 2.45) is 11.7 Å². The van der Waals surface area contributed by atoms with Crippen molar-refractivity contribution in [2.45, 2.75) is 58.9 Å². The van der Waals surface area contributed by atoms with Crippen LogP contribution in [0.5, 0.6) is 11.5 Å². The summed E-state index contributed by atoms with van der Waals surface area (Å²) in [4.78, 5) is 11.2. The lowest BCUT2D eigenvalue weighted by atomic mass is 9.84. The van der Waals surface area contributed by atoms with Crippen LogP contribution in [0, 0.1) is 5.92 Å². The van der Waals surface area contributed by atoms with Gasteiger partial charge in [-0.1, -0.05) is 19.4 Å². The van der Waals surface area contributed by atoms with Gasteiger partial charge in [0, 0.05) is 6.07 Å². The van der Waals surface area contributed by atoms with Crippen molar-refractivity contribution in [3.05, 3.63) is 23.8 Å². The smallest absolute Gasteiger partial charge is 0.323 e. The Labute approximate surface area is 145 Å². The normalized spacial score (nSPS) is 14.7. The maximum Gasteiger partial charge on any atom is 0.323 e. The SMILES string of the molecule is CCOc1ccc(CCC(CC)CC(C)(N)C(=O)O)c(OCC)c1. The fourth-order valence-corrected chi connectivity index (χ4v) is 2.78. The molecule has 0 heterocycles. The molecule has 0 saturated carbocycles. The minimum atomic E-state index is -1.18. The summed E-state index contributed by atoms with van der Waals surface area (Å²) in [5.74, 6) is 0.957.